The molecule has 2 aromatic rings. The van der Waals surface area contributed by atoms with E-state index < -0.39 is 0 Å². The van der Waals surface area contributed by atoms with Gasteiger partial charge in [0.1, 0.15) is 5.82 Å². The average Bonchev–Trinajstić information content (AvgIpc) is 3.10. The number of rotatable bonds is 5. The summed E-state index contributed by atoms with van der Waals surface area (Å²) in [7, 11) is 0. The normalized spacial score (nSPS) is 16.8. The molecule has 1 N–H and O–H groups in total. The molecule has 1 unspecified atom stereocenters. The lowest BCUT2D eigenvalue weighted by Gasteiger charge is -2.32. The molecule has 4 nitrogen and oxygen atoms in total. The maximum absolute atomic E-state index is 13.1. The van der Waals surface area contributed by atoms with E-state index >= 15 is 0 Å². The largest absolute Gasteiger partial charge is 0.379 e. The maximum atomic E-state index is 13.1. The Morgan fingerprint density at radius 2 is 2.00 bits per heavy atom. The van der Waals surface area contributed by atoms with Gasteiger partial charge >= 0.3 is 0 Å². The van der Waals surface area contributed by atoms with Crippen molar-refractivity contribution in [3.63, 3.8) is 0 Å². The molecule has 0 spiro atoms. The zero-order valence-electron chi connectivity index (χ0n) is 13.6. The quantitative estimate of drug-likeness (QED) is 0.903. The smallest absolute Gasteiger partial charge is 0.262 e. The summed E-state index contributed by atoms with van der Waals surface area (Å²) >= 11 is 1.40. The number of carbonyl (C=O) groups excluding carboxylic acids is 1. The van der Waals surface area contributed by atoms with E-state index in [0.29, 0.717) is 11.4 Å². The number of halogens is 1. The summed E-state index contributed by atoms with van der Waals surface area (Å²) in [5, 5.41) is 4.91. The molecule has 1 aliphatic rings. The highest BCUT2D eigenvalue weighted by atomic mass is 32.1. The van der Waals surface area contributed by atoms with E-state index in [1.165, 1.54) is 23.5 Å². The molecule has 0 radical (unpaired) electrons. The molecule has 1 fully saturated rings. The number of hydrogen-bond acceptors (Lipinski definition) is 4. The molecule has 1 aliphatic heterocycles. The molecule has 1 amide bonds. The fourth-order valence-corrected chi connectivity index (χ4v) is 3.64. The van der Waals surface area contributed by atoms with Crippen molar-refractivity contribution in [2.45, 2.75) is 13.0 Å². The minimum Gasteiger partial charge on any atom is -0.379 e. The van der Waals surface area contributed by atoms with E-state index in [4.69, 9.17) is 4.74 Å². The van der Waals surface area contributed by atoms with Gasteiger partial charge in [-0.1, -0.05) is 12.1 Å². The molecule has 1 aromatic carbocycles. The second-order valence-electron chi connectivity index (χ2n) is 5.88. The highest BCUT2D eigenvalue weighted by molar-refractivity contribution is 7.12. The molecule has 24 heavy (non-hydrogen) atoms. The Kier molecular flexibility index (Phi) is 5.60. The van der Waals surface area contributed by atoms with Crippen molar-refractivity contribution >= 4 is 17.2 Å². The SMILES string of the molecule is CC(CNC(=O)c1sccc1-c1ccc(F)cc1)N1CCOCC1. The predicted molar refractivity (Wildman–Crippen MR) is 93.9 cm³/mol. The summed E-state index contributed by atoms with van der Waals surface area (Å²) in [6.45, 7) is 6.00. The first-order valence-electron chi connectivity index (χ1n) is 8.08. The number of amides is 1. The number of ether oxygens (including phenoxy) is 1. The molecule has 1 aromatic heterocycles. The average molecular weight is 348 g/mol. The summed E-state index contributed by atoms with van der Waals surface area (Å²) in [6, 6.07) is 8.39. The topological polar surface area (TPSA) is 41.6 Å². The minimum atomic E-state index is -0.278. The van der Waals surface area contributed by atoms with Gasteiger partial charge in [-0.15, -0.1) is 11.3 Å². The van der Waals surface area contributed by atoms with Crippen LogP contribution in [0, 0.1) is 5.82 Å². The molecule has 1 saturated heterocycles. The van der Waals surface area contributed by atoms with Crippen LogP contribution in [0.3, 0.4) is 0 Å². The number of benzene rings is 1. The van der Waals surface area contributed by atoms with Crippen LogP contribution in [0.4, 0.5) is 4.39 Å². The van der Waals surface area contributed by atoms with Crippen molar-refractivity contribution in [3.05, 3.63) is 46.4 Å². The van der Waals surface area contributed by atoms with Gasteiger partial charge in [0.25, 0.3) is 5.91 Å². The van der Waals surface area contributed by atoms with Crippen LogP contribution in [0.5, 0.6) is 0 Å². The molecule has 1 atom stereocenters. The molecule has 6 heteroatoms. The third-order valence-corrected chi connectivity index (χ3v) is 5.17. The van der Waals surface area contributed by atoms with Gasteiger partial charge in [-0.2, -0.15) is 0 Å². The van der Waals surface area contributed by atoms with Crippen LogP contribution in [-0.2, 0) is 4.74 Å². The summed E-state index contributed by atoms with van der Waals surface area (Å²) in [5.41, 5.74) is 1.69. The number of carbonyl (C=O) groups is 1. The van der Waals surface area contributed by atoms with Crippen molar-refractivity contribution in [1.82, 2.24) is 10.2 Å². The lowest BCUT2D eigenvalue weighted by molar-refractivity contribution is 0.0204. The highest BCUT2D eigenvalue weighted by Gasteiger charge is 2.19. The van der Waals surface area contributed by atoms with E-state index in [-0.39, 0.29) is 17.8 Å². The van der Waals surface area contributed by atoms with Crippen molar-refractivity contribution in [2.75, 3.05) is 32.8 Å². The van der Waals surface area contributed by atoms with Crippen molar-refractivity contribution in [3.8, 4) is 11.1 Å². The number of morpholine rings is 1. The monoisotopic (exact) mass is 348 g/mol. The second kappa shape index (κ2) is 7.88. The van der Waals surface area contributed by atoms with Gasteiger partial charge in [-0.05, 0) is 36.1 Å². The van der Waals surface area contributed by atoms with Crippen molar-refractivity contribution in [2.24, 2.45) is 0 Å². The van der Waals surface area contributed by atoms with Gasteiger partial charge < -0.3 is 10.1 Å². The van der Waals surface area contributed by atoms with Crippen molar-refractivity contribution in [1.29, 1.82) is 0 Å². The molecule has 0 bridgehead atoms. The Hall–Kier alpha value is -1.76. The van der Waals surface area contributed by atoms with Crippen molar-refractivity contribution < 1.29 is 13.9 Å². The maximum Gasteiger partial charge on any atom is 0.262 e. The van der Waals surface area contributed by atoms with Gasteiger partial charge in [-0.25, -0.2) is 4.39 Å². The number of nitrogens with zero attached hydrogens (tertiary/aromatic N) is 1. The van der Waals surface area contributed by atoms with Crippen LogP contribution in [-0.4, -0.2) is 49.7 Å². The van der Waals surface area contributed by atoms with Crippen LogP contribution in [0.2, 0.25) is 0 Å². The van der Waals surface area contributed by atoms with Crippen LogP contribution in [0.25, 0.3) is 11.1 Å². The first-order valence-corrected chi connectivity index (χ1v) is 8.96. The summed E-state index contributed by atoms with van der Waals surface area (Å²) in [5.74, 6) is -0.358. The molecule has 3 rings (SSSR count). The van der Waals surface area contributed by atoms with Crippen LogP contribution >= 0.6 is 11.3 Å². The predicted octanol–water partition coefficient (Wildman–Crippen LogP) is 3.00. The molecule has 0 aliphatic carbocycles. The van der Waals surface area contributed by atoms with Crippen LogP contribution < -0.4 is 5.32 Å². The first-order chi connectivity index (χ1) is 11.6. The van der Waals surface area contributed by atoms with E-state index in [0.717, 1.165) is 37.4 Å². The third kappa shape index (κ3) is 4.01. The lowest BCUT2D eigenvalue weighted by atomic mass is 10.1. The van der Waals surface area contributed by atoms with Crippen LogP contribution in [0.15, 0.2) is 35.7 Å². The van der Waals surface area contributed by atoms with Gasteiger partial charge in [0.05, 0.1) is 18.1 Å². The number of thiophene rings is 1. The van der Waals surface area contributed by atoms with E-state index in [1.54, 1.807) is 12.1 Å². The van der Waals surface area contributed by atoms with E-state index in [1.807, 2.05) is 11.4 Å². The number of nitrogens with one attached hydrogen (secondary N) is 1. The van der Waals surface area contributed by atoms with E-state index in [9.17, 15) is 9.18 Å². The Morgan fingerprint density at radius 3 is 2.71 bits per heavy atom. The fourth-order valence-electron chi connectivity index (χ4n) is 2.81. The summed E-state index contributed by atoms with van der Waals surface area (Å²) in [4.78, 5) is 15.5. The molecular weight excluding hydrogens is 327 g/mol. The Balaban J connectivity index is 1.63. The third-order valence-electron chi connectivity index (χ3n) is 4.25. The first kappa shape index (κ1) is 17.1. The van der Waals surface area contributed by atoms with Gasteiger partial charge in [0.15, 0.2) is 0 Å². The van der Waals surface area contributed by atoms with Gasteiger partial charge in [0, 0.05) is 31.2 Å². The van der Waals surface area contributed by atoms with Crippen LogP contribution in [0.1, 0.15) is 16.6 Å². The Bertz CT molecular complexity index is 681. The molecular formula is C18H21FN2O2S. The highest BCUT2D eigenvalue weighted by Crippen LogP contribution is 2.28. The van der Waals surface area contributed by atoms with Gasteiger partial charge in [-0.3, -0.25) is 9.69 Å². The zero-order chi connectivity index (χ0) is 16.9. The standard InChI is InChI=1S/C18H21FN2O2S/c1-13(21-7-9-23-10-8-21)12-20-18(22)17-16(6-11-24-17)14-2-4-15(19)5-3-14/h2-6,11,13H,7-10,12H2,1H3,(H,20,22). The van der Waals surface area contributed by atoms with E-state index in [2.05, 4.69) is 17.1 Å². The Labute approximate surface area is 145 Å². The summed E-state index contributed by atoms with van der Waals surface area (Å²) in [6.07, 6.45) is 0. The minimum absolute atomic E-state index is 0.0792. The second-order valence-corrected chi connectivity index (χ2v) is 6.79. The fraction of sp³-hybridized carbons (Fsp3) is 0.389. The molecule has 0 saturated carbocycles. The Morgan fingerprint density at radius 1 is 1.29 bits per heavy atom. The zero-order valence-corrected chi connectivity index (χ0v) is 14.4. The van der Waals surface area contributed by atoms with Gasteiger partial charge in [0.2, 0.25) is 0 Å². The molecule has 128 valence electrons. The number of hydrogen-bond donors (Lipinski definition) is 1. The lowest BCUT2D eigenvalue weighted by Crippen LogP contribution is -2.47. The summed E-state index contributed by atoms with van der Waals surface area (Å²) < 4.78 is 18.4. The molecule has 2 heterocycles.